The van der Waals surface area contributed by atoms with Crippen LogP contribution < -0.4 is 5.73 Å². The van der Waals surface area contributed by atoms with Gasteiger partial charge in [0.15, 0.2) is 0 Å². The van der Waals surface area contributed by atoms with Crippen molar-refractivity contribution in [1.29, 1.82) is 0 Å². The molecule has 1 aromatic rings. The minimum absolute atomic E-state index is 0.00518. The number of nitrogens with two attached hydrogens (primary N) is 1. The molecule has 0 radical (unpaired) electrons. The molecule has 0 fully saturated rings. The van der Waals surface area contributed by atoms with Crippen LogP contribution in [0.1, 0.15) is 32.9 Å². The molecular formula is C15H27N3O. The van der Waals surface area contributed by atoms with Crippen LogP contribution in [0.2, 0.25) is 0 Å². The van der Waals surface area contributed by atoms with E-state index in [0.29, 0.717) is 5.92 Å². The van der Waals surface area contributed by atoms with E-state index >= 15 is 0 Å². The Balaban J connectivity index is 2.70. The summed E-state index contributed by atoms with van der Waals surface area (Å²) in [6.45, 7) is 8.08. The standard InChI is InChI=1S/C15H27N3O/c1-4-18(10-13-7-5-6-8-17-13)15(11-19)14(16)9-12(2)3/h5-8,12,14-15,19H,4,9-11,16H2,1-3H3. The van der Waals surface area contributed by atoms with Crippen molar-refractivity contribution in [2.75, 3.05) is 13.2 Å². The van der Waals surface area contributed by atoms with E-state index in [1.165, 1.54) is 0 Å². The number of nitrogens with zero attached hydrogens (tertiary/aromatic N) is 2. The van der Waals surface area contributed by atoms with E-state index in [1.807, 2.05) is 18.2 Å². The summed E-state index contributed by atoms with van der Waals surface area (Å²) in [6, 6.07) is 5.89. The molecule has 0 amide bonds. The van der Waals surface area contributed by atoms with Crippen LogP contribution in [0.15, 0.2) is 24.4 Å². The molecule has 0 saturated heterocycles. The van der Waals surface area contributed by atoms with Gasteiger partial charge in [0.25, 0.3) is 0 Å². The van der Waals surface area contributed by atoms with Crippen molar-refractivity contribution in [3.63, 3.8) is 0 Å². The third kappa shape index (κ3) is 5.27. The van der Waals surface area contributed by atoms with Gasteiger partial charge in [-0.3, -0.25) is 9.88 Å². The molecule has 0 spiro atoms. The molecule has 0 aliphatic rings. The van der Waals surface area contributed by atoms with Crippen molar-refractivity contribution in [1.82, 2.24) is 9.88 Å². The molecule has 3 N–H and O–H groups in total. The maximum Gasteiger partial charge on any atom is 0.0602 e. The summed E-state index contributed by atoms with van der Waals surface area (Å²) in [4.78, 5) is 6.54. The summed E-state index contributed by atoms with van der Waals surface area (Å²) < 4.78 is 0. The lowest BCUT2D eigenvalue weighted by Crippen LogP contribution is -2.50. The van der Waals surface area contributed by atoms with E-state index < -0.39 is 0 Å². The van der Waals surface area contributed by atoms with E-state index in [9.17, 15) is 5.11 Å². The Morgan fingerprint density at radius 3 is 2.58 bits per heavy atom. The largest absolute Gasteiger partial charge is 0.395 e. The number of rotatable bonds is 8. The Labute approximate surface area is 116 Å². The summed E-state index contributed by atoms with van der Waals surface area (Å²) >= 11 is 0. The highest BCUT2D eigenvalue weighted by atomic mass is 16.3. The smallest absolute Gasteiger partial charge is 0.0602 e. The number of likely N-dealkylation sites (N-methyl/N-ethyl adjacent to an activating group) is 1. The minimum atomic E-state index is -0.00587. The van der Waals surface area contributed by atoms with Crippen LogP contribution in [0.5, 0.6) is 0 Å². The van der Waals surface area contributed by atoms with Crippen molar-refractivity contribution >= 4 is 0 Å². The van der Waals surface area contributed by atoms with Gasteiger partial charge < -0.3 is 10.8 Å². The van der Waals surface area contributed by atoms with Gasteiger partial charge in [-0.1, -0.05) is 26.8 Å². The molecule has 0 aliphatic carbocycles. The second-order valence-electron chi connectivity index (χ2n) is 5.43. The van der Waals surface area contributed by atoms with E-state index in [-0.39, 0.29) is 18.7 Å². The van der Waals surface area contributed by atoms with Gasteiger partial charge in [-0.25, -0.2) is 0 Å². The van der Waals surface area contributed by atoms with Gasteiger partial charge in [0.1, 0.15) is 0 Å². The number of hydrogen-bond donors (Lipinski definition) is 2. The van der Waals surface area contributed by atoms with Crippen molar-refractivity contribution < 1.29 is 5.11 Å². The molecule has 1 heterocycles. The van der Waals surface area contributed by atoms with Crippen LogP contribution in [0, 0.1) is 5.92 Å². The second-order valence-corrected chi connectivity index (χ2v) is 5.43. The average Bonchev–Trinajstić information content (AvgIpc) is 2.38. The van der Waals surface area contributed by atoms with Gasteiger partial charge in [-0.15, -0.1) is 0 Å². The zero-order valence-electron chi connectivity index (χ0n) is 12.3. The monoisotopic (exact) mass is 265 g/mol. The first-order valence-corrected chi connectivity index (χ1v) is 7.08. The predicted octanol–water partition coefficient (Wildman–Crippen LogP) is 1.64. The van der Waals surface area contributed by atoms with Gasteiger partial charge in [0.2, 0.25) is 0 Å². The van der Waals surface area contributed by atoms with E-state index in [0.717, 1.165) is 25.2 Å². The maximum absolute atomic E-state index is 9.65. The highest BCUT2D eigenvalue weighted by molar-refractivity contribution is 5.03. The molecule has 4 nitrogen and oxygen atoms in total. The fourth-order valence-electron chi connectivity index (χ4n) is 2.39. The van der Waals surface area contributed by atoms with E-state index in [1.54, 1.807) is 6.20 Å². The van der Waals surface area contributed by atoms with Gasteiger partial charge in [0.05, 0.1) is 12.3 Å². The molecule has 1 aromatic heterocycles. The highest BCUT2D eigenvalue weighted by Crippen LogP contribution is 2.13. The van der Waals surface area contributed by atoms with Crippen molar-refractivity contribution in [3.05, 3.63) is 30.1 Å². The average molecular weight is 265 g/mol. The summed E-state index contributed by atoms with van der Waals surface area (Å²) in [5.41, 5.74) is 7.25. The molecular weight excluding hydrogens is 238 g/mol. The van der Waals surface area contributed by atoms with Gasteiger partial charge in [0, 0.05) is 24.8 Å². The van der Waals surface area contributed by atoms with Crippen LogP contribution in [-0.4, -0.2) is 40.2 Å². The number of pyridine rings is 1. The van der Waals surface area contributed by atoms with Crippen molar-refractivity contribution in [3.8, 4) is 0 Å². The van der Waals surface area contributed by atoms with Crippen molar-refractivity contribution in [2.45, 2.75) is 45.8 Å². The maximum atomic E-state index is 9.65. The number of hydrogen-bond acceptors (Lipinski definition) is 4. The first-order chi connectivity index (χ1) is 9.08. The van der Waals surface area contributed by atoms with Crippen molar-refractivity contribution in [2.24, 2.45) is 11.7 Å². The Morgan fingerprint density at radius 1 is 1.37 bits per heavy atom. The fraction of sp³-hybridized carbons (Fsp3) is 0.667. The number of aliphatic hydroxyl groups excluding tert-OH is 1. The Morgan fingerprint density at radius 2 is 2.11 bits per heavy atom. The predicted molar refractivity (Wildman–Crippen MR) is 78.6 cm³/mol. The molecule has 1 rings (SSSR count). The molecule has 0 saturated carbocycles. The number of aromatic nitrogens is 1. The third-order valence-corrected chi connectivity index (χ3v) is 3.39. The molecule has 4 heteroatoms. The van der Waals surface area contributed by atoms with Crippen LogP contribution in [-0.2, 0) is 6.54 Å². The number of aliphatic hydroxyl groups is 1. The van der Waals surface area contributed by atoms with Crippen LogP contribution in [0.3, 0.4) is 0 Å². The van der Waals surface area contributed by atoms with E-state index in [4.69, 9.17) is 5.73 Å². The zero-order valence-corrected chi connectivity index (χ0v) is 12.3. The van der Waals surface area contributed by atoms with Gasteiger partial charge >= 0.3 is 0 Å². The summed E-state index contributed by atoms with van der Waals surface area (Å²) in [5, 5.41) is 9.65. The van der Waals surface area contributed by atoms with E-state index in [2.05, 4.69) is 30.7 Å². The topological polar surface area (TPSA) is 62.4 Å². The fourth-order valence-corrected chi connectivity index (χ4v) is 2.39. The lowest BCUT2D eigenvalue weighted by Gasteiger charge is -2.34. The van der Waals surface area contributed by atoms with Gasteiger partial charge in [-0.2, -0.15) is 0 Å². The highest BCUT2D eigenvalue weighted by Gasteiger charge is 2.24. The Hall–Kier alpha value is -0.970. The second kappa shape index (κ2) is 8.25. The van der Waals surface area contributed by atoms with Crippen LogP contribution >= 0.6 is 0 Å². The van der Waals surface area contributed by atoms with Gasteiger partial charge in [-0.05, 0) is 31.0 Å². The summed E-state index contributed by atoms with van der Waals surface area (Å²) in [6.07, 6.45) is 2.72. The SMILES string of the molecule is CCN(Cc1ccccn1)C(CO)C(N)CC(C)C. The molecule has 0 bridgehead atoms. The van der Waals surface area contributed by atoms with Crippen LogP contribution in [0.4, 0.5) is 0 Å². The molecule has 0 aromatic carbocycles. The zero-order chi connectivity index (χ0) is 14.3. The van der Waals surface area contributed by atoms with Crippen LogP contribution in [0.25, 0.3) is 0 Å². The third-order valence-electron chi connectivity index (χ3n) is 3.39. The molecule has 108 valence electrons. The molecule has 19 heavy (non-hydrogen) atoms. The lowest BCUT2D eigenvalue weighted by molar-refractivity contribution is 0.0955. The Kier molecular flexibility index (Phi) is 6.99. The normalized spacial score (nSPS) is 14.9. The minimum Gasteiger partial charge on any atom is -0.395 e. The molecule has 0 aliphatic heterocycles. The first kappa shape index (κ1) is 16.1. The summed E-state index contributed by atoms with van der Waals surface area (Å²) in [5.74, 6) is 0.539. The Bertz CT molecular complexity index is 343. The first-order valence-electron chi connectivity index (χ1n) is 7.08. The molecule has 2 atom stereocenters. The lowest BCUT2D eigenvalue weighted by atomic mass is 9.97. The summed E-state index contributed by atoms with van der Waals surface area (Å²) in [7, 11) is 0. The molecule has 2 unspecified atom stereocenters. The quantitative estimate of drug-likeness (QED) is 0.750.